The molecule has 2 aliphatic rings. The second-order valence-corrected chi connectivity index (χ2v) is 8.26. The Hall–Kier alpha value is -3.52. The molecule has 32 heavy (non-hydrogen) atoms. The fourth-order valence-electron chi connectivity index (χ4n) is 4.01. The van der Waals surface area contributed by atoms with E-state index in [1.165, 1.54) is 0 Å². The number of rotatable bonds is 6. The number of hydrogen-bond acceptors (Lipinski definition) is 6. The molecular weight excluding hydrogens is 406 g/mol. The van der Waals surface area contributed by atoms with E-state index in [0.717, 1.165) is 67.5 Å². The van der Waals surface area contributed by atoms with Crippen LogP contribution < -0.4 is 19.7 Å². The van der Waals surface area contributed by atoms with Crippen LogP contribution >= 0.6 is 0 Å². The highest BCUT2D eigenvalue weighted by atomic mass is 16.7. The summed E-state index contributed by atoms with van der Waals surface area (Å²) in [4.78, 5) is 17.3. The molecule has 0 radical (unpaired) electrons. The van der Waals surface area contributed by atoms with E-state index in [9.17, 15) is 4.79 Å². The van der Waals surface area contributed by atoms with E-state index in [-0.39, 0.29) is 12.7 Å². The highest BCUT2D eigenvalue weighted by Gasteiger charge is 2.16. The van der Waals surface area contributed by atoms with Crippen molar-refractivity contribution in [1.29, 1.82) is 0 Å². The van der Waals surface area contributed by atoms with Gasteiger partial charge in [0.25, 0.3) is 5.91 Å². The fraction of sp³-hybridized carbons (Fsp3) is 0.333. The molecule has 1 fully saturated rings. The topological polar surface area (TPSA) is 82.7 Å². The summed E-state index contributed by atoms with van der Waals surface area (Å²) >= 11 is 0. The molecule has 2 N–H and O–H groups in total. The zero-order valence-corrected chi connectivity index (χ0v) is 18.1. The van der Waals surface area contributed by atoms with E-state index in [4.69, 9.17) is 9.47 Å². The molecule has 2 aliphatic heterocycles. The van der Waals surface area contributed by atoms with Gasteiger partial charge < -0.3 is 24.6 Å². The third-order valence-corrected chi connectivity index (χ3v) is 5.99. The first-order valence-corrected chi connectivity index (χ1v) is 10.9. The third kappa shape index (κ3) is 4.55. The van der Waals surface area contributed by atoms with Gasteiger partial charge in [0.15, 0.2) is 17.3 Å². The van der Waals surface area contributed by atoms with Gasteiger partial charge in [-0.1, -0.05) is 6.07 Å². The minimum atomic E-state index is -0.163. The number of carbonyl (C=O) groups is 1. The van der Waals surface area contributed by atoms with Crippen LogP contribution in [0.4, 0.5) is 11.5 Å². The lowest BCUT2D eigenvalue weighted by molar-refractivity contribution is 0.102. The number of likely N-dealkylation sites (N-methyl/N-ethyl adjacent to an activating group) is 1. The molecule has 1 amide bonds. The van der Waals surface area contributed by atoms with Crippen molar-refractivity contribution in [2.75, 3.05) is 50.2 Å². The SMILES string of the molecule is CN1CCN(c2ccc(C(=O)Nc3cc(CCc4ccc5c(c4)OCO5)[nH]n3)cc2)CC1. The number of amides is 1. The van der Waals surface area contributed by atoms with Crippen molar-refractivity contribution in [1.82, 2.24) is 15.1 Å². The number of hydrogen-bond donors (Lipinski definition) is 2. The van der Waals surface area contributed by atoms with Crippen molar-refractivity contribution in [2.24, 2.45) is 0 Å². The van der Waals surface area contributed by atoms with Gasteiger partial charge in [-0.25, -0.2) is 0 Å². The van der Waals surface area contributed by atoms with Gasteiger partial charge in [-0.2, -0.15) is 5.10 Å². The van der Waals surface area contributed by atoms with E-state index in [1.807, 2.05) is 48.5 Å². The molecule has 5 rings (SSSR count). The molecule has 2 aromatic carbocycles. The van der Waals surface area contributed by atoms with Gasteiger partial charge in [0.2, 0.25) is 6.79 Å². The number of aryl methyl sites for hydroxylation is 2. The average molecular weight is 434 g/mol. The second-order valence-electron chi connectivity index (χ2n) is 8.26. The Morgan fingerprint density at radius 2 is 1.78 bits per heavy atom. The van der Waals surface area contributed by atoms with E-state index in [2.05, 4.69) is 32.4 Å². The molecule has 0 unspecified atom stereocenters. The molecule has 0 bridgehead atoms. The number of benzene rings is 2. The number of carbonyl (C=O) groups excluding carboxylic acids is 1. The van der Waals surface area contributed by atoms with Gasteiger partial charge in [-0.15, -0.1) is 0 Å². The van der Waals surface area contributed by atoms with Crippen LogP contribution in [-0.2, 0) is 12.8 Å². The monoisotopic (exact) mass is 433 g/mol. The summed E-state index contributed by atoms with van der Waals surface area (Å²) in [5.41, 5.74) is 3.89. The molecule has 3 heterocycles. The van der Waals surface area contributed by atoms with Crippen molar-refractivity contribution < 1.29 is 14.3 Å². The Bertz CT molecular complexity index is 1090. The Morgan fingerprint density at radius 3 is 2.59 bits per heavy atom. The molecule has 3 aromatic rings. The van der Waals surface area contributed by atoms with Crippen LogP contribution in [0.3, 0.4) is 0 Å². The van der Waals surface area contributed by atoms with Crippen LogP contribution in [0.2, 0.25) is 0 Å². The summed E-state index contributed by atoms with van der Waals surface area (Å²) in [5, 5.41) is 10.1. The summed E-state index contributed by atoms with van der Waals surface area (Å²) < 4.78 is 10.8. The third-order valence-electron chi connectivity index (χ3n) is 5.99. The molecule has 8 nitrogen and oxygen atoms in total. The Morgan fingerprint density at radius 1 is 1.00 bits per heavy atom. The van der Waals surface area contributed by atoms with Gasteiger partial charge in [0, 0.05) is 49.2 Å². The first-order valence-electron chi connectivity index (χ1n) is 10.9. The molecule has 0 spiro atoms. The lowest BCUT2D eigenvalue weighted by Gasteiger charge is -2.34. The highest BCUT2D eigenvalue weighted by molar-refractivity contribution is 6.03. The Kier molecular flexibility index (Phi) is 5.68. The van der Waals surface area contributed by atoms with Gasteiger partial charge >= 0.3 is 0 Å². The van der Waals surface area contributed by atoms with Crippen molar-refractivity contribution >= 4 is 17.4 Å². The van der Waals surface area contributed by atoms with Gasteiger partial charge in [-0.05, 0) is 61.9 Å². The minimum Gasteiger partial charge on any atom is -0.454 e. The van der Waals surface area contributed by atoms with E-state index >= 15 is 0 Å². The number of nitrogens with zero attached hydrogens (tertiary/aromatic N) is 3. The summed E-state index contributed by atoms with van der Waals surface area (Å²) in [5.74, 6) is 1.94. The normalized spacial score (nSPS) is 15.7. The van der Waals surface area contributed by atoms with Crippen molar-refractivity contribution in [3.8, 4) is 11.5 Å². The number of H-pyrrole nitrogens is 1. The summed E-state index contributed by atoms with van der Waals surface area (Å²) in [6, 6.07) is 15.6. The molecule has 0 aliphatic carbocycles. The first-order chi connectivity index (χ1) is 15.6. The molecule has 0 atom stereocenters. The zero-order valence-electron chi connectivity index (χ0n) is 18.1. The maximum atomic E-state index is 12.6. The van der Waals surface area contributed by atoms with Gasteiger partial charge in [0.1, 0.15) is 0 Å². The number of piperazine rings is 1. The largest absolute Gasteiger partial charge is 0.454 e. The van der Waals surface area contributed by atoms with E-state index in [0.29, 0.717) is 11.4 Å². The number of ether oxygens (including phenoxy) is 2. The number of anilines is 2. The number of aromatic nitrogens is 2. The fourth-order valence-corrected chi connectivity index (χ4v) is 4.01. The van der Waals surface area contributed by atoms with E-state index in [1.54, 1.807) is 0 Å². The molecule has 0 saturated carbocycles. The smallest absolute Gasteiger partial charge is 0.256 e. The first kappa shape index (κ1) is 20.4. The molecule has 8 heteroatoms. The minimum absolute atomic E-state index is 0.163. The van der Waals surface area contributed by atoms with Crippen LogP contribution in [-0.4, -0.2) is 61.0 Å². The zero-order chi connectivity index (χ0) is 21.9. The average Bonchev–Trinajstić information content (AvgIpc) is 3.47. The van der Waals surface area contributed by atoms with Crippen molar-refractivity contribution in [3.05, 3.63) is 65.4 Å². The molecule has 1 saturated heterocycles. The van der Waals surface area contributed by atoms with Crippen LogP contribution in [0.1, 0.15) is 21.6 Å². The van der Waals surface area contributed by atoms with Crippen LogP contribution in [0, 0.1) is 0 Å². The Balaban J connectivity index is 1.15. The molecule has 1 aromatic heterocycles. The van der Waals surface area contributed by atoms with E-state index < -0.39 is 0 Å². The number of nitrogens with one attached hydrogen (secondary N) is 2. The quantitative estimate of drug-likeness (QED) is 0.622. The van der Waals surface area contributed by atoms with Crippen LogP contribution in [0.5, 0.6) is 11.5 Å². The van der Waals surface area contributed by atoms with Gasteiger partial charge in [-0.3, -0.25) is 9.89 Å². The Labute approximate surface area is 187 Å². The number of aromatic amines is 1. The predicted octanol–water partition coefficient (Wildman–Crippen LogP) is 2.93. The lowest BCUT2D eigenvalue weighted by Crippen LogP contribution is -2.44. The highest BCUT2D eigenvalue weighted by Crippen LogP contribution is 2.32. The van der Waals surface area contributed by atoms with Crippen LogP contribution in [0.25, 0.3) is 0 Å². The standard InChI is InChI=1S/C24H27N5O3/c1-28-10-12-29(13-11-28)20-7-4-18(5-8-20)24(30)25-23-15-19(26-27-23)6-2-17-3-9-21-22(14-17)32-16-31-21/h3-5,7-9,14-15H,2,6,10-13,16H2,1H3,(H2,25,26,27,30). The maximum Gasteiger partial charge on any atom is 0.256 e. The molecular formula is C24H27N5O3. The number of fused-ring (bicyclic) bond motifs is 1. The predicted molar refractivity (Wildman–Crippen MR) is 123 cm³/mol. The molecule has 166 valence electrons. The lowest BCUT2D eigenvalue weighted by atomic mass is 10.1. The van der Waals surface area contributed by atoms with Gasteiger partial charge in [0.05, 0.1) is 0 Å². The van der Waals surface area contributed by atoms with Crippen molar-refractivity contribution in [3.63, 3.8) is 0 Å². The summed E-state index contributed by atoms with van der Waals surface area (Å²) in [7, 11) is 2.14. The summed E-state index contributed by atoms with van der Waals surface area (Å²) in [6.07, 6.45) is 1.61. The maximum absolute atomic E-state index is 12.6. The van der Waals surface area contributed by atoms with Crippen molar-refractivity contribution in [2.45, 2.75) is 12.8 Å². The van der Waals surface area contributed by atoms with Crippen LogP contribution in [0.15, 0.2) is 48.5 Å². The summed E-state index contributed by atoms with van der Waals surface area (Å²) in [6.45, 7) is 4.40. The second kappa shape index (κ2) is 8.92.